The molecule has 0 aliphatic carbocycles. The Morgan fingerprint density at radius 2 is 2.31 bits per heavy atom. The molecule has 96 valence electrons. The van der Waals surface area contributed by atoms with Crippen molar-refractivity contribution in [3.63, 3.8) is 0 Å². The fourth-order valence-electron chi connectivity index (χ4n) is 1.45. The maximum Gasteiger partial charge on any atom is 0.472 e. The quantitative estimate of drug-likeness (QED) is 0.638. The molecule has 3 N–H and O–H groups in total. The first-order valence-corrected chi connectivity index (χ1v) is 6.50. The van der Waals surface area contributed by atoms with Crippen molar-refractivity contribution >= 4 is 7.82 Å². The van der Waals surface area contributed by atoms with Gasteiger partial charge in [-0.25, -0.2) is 4.57 Å². The van der Waals surface area contributed by atoms with Gasteiger partial charge in [-0.1, -0.05) is 0 Å². The van der Waals surface area contributed by atoms with Crippen LogP contribution in [0.2, 0.25) is 0 Å². The first-order valence-electron chi connectivity index (χ1n) is 5.00. The van der Waals surface area contributed by atoms with E-state index in [0.717, 1.165) is 7.11 Å². The van der Waals surface area contributed by atoms with Crippen molar-refractivity contribution in [2.45, 2.75) is 25.2 Å². The van der Waals surface area contributed by atoms with Crippen molar-refractivity contribution in [3.8, 4) is 0 Å². The molecule has 1 saturated heterocycles. The van der Waals surface area contributed by atoms with Crippen LogP contribution in [0, 0.1) is 0 Å². The predicted octanol–water partition coefficient (Wildman–Crippen LogP) is -0.119. The second-order valence-electron chi connectivity index (χ2n) is 3.46. The van der Waals surface area contributed by atoms with E-state index in [9.17, 15) is 9.46 Å². The molecule has 7 nitrogen and oxygen atoms in total. The fraction of sp³-hybridized carbons (Fsp3) is 1.00. The molecule has 16 heavy (non-hydrogen) atoms. The van der Waals surface area contributed by atoms with Gasteiger partial charge in [0.25, 0.3) is 0 Å². The van der Waals surface area contributed by atoms with Gasteiger partial charge in [0.2, 0.25) is 0 Å². The second-order valence-corrected chi connectivity index (χ2v) is 4.97. The molecular weight excluding hydrogens is 237 g/mol. The minimum absolute atomic E-state index is 0.315. The molecule has 0 amide bonds. The Labute approximate surface area is 94.4 Å². The number of phosphoric ester groups is 1. The summed E-state index contributed by atoms with van der Waals surface area (Å²) in [5, 5.41) is 0. The van der Waals surface area contributed by atoms with E-state index < -0.39 is 20.0 Å². The molecule has 1 aliphatic rings. The highest BCUT2D eigenvalue weighted by molar-refractivity contribution is 7.47. The largest absolute Gasteiger partial charge is 0.472 e. The first-order chi connectivity index (χ1) is 7.50. The van der Waals surface area contributed by atoms with Crippen LogP contribution in [-0.4, -0.2) is 50.1 Å². The van der Waals surface area contributed by atoms with E-state index in [0.29, 0.717) is 19.8 Å². The molecule has 4 atom stereocenters. The summed E-state index contributed by atoms with van der Waals surface area (Å²) in [4.78, 5) is 9.22. The van der Waals surface area contributed by atoms with Gasteiger partial charge in [-0.05, 0) is 6.92 Å². The Balaban J connectivity index is 2.56. The lowest BCUT2D eigenvalue weighted by Gasteiger charge is -2.22. The first kappa shape index (κ1) is 14.1. The maximum absolute atomic E-state index is 11.3. The van der Waals surface area contributed by atoms with Crippen LogP contribution < -0.4 is 5.73 Å². The van der Waals surface area contributed by atoms with E-state index in [-0.39, 0.29) is 6.10 Å². The molecule has 1 fully saturated rings. The van der Waals surface area contributed by atoms with Gasteiger partial charge < -0.3 is 20.1 Å². The van der Waals surface area contributed by atoms with Crippen molar-refractivity contribution in [1.29, 1.82) is 0 Å². The molecule has 0 aromatic heterocycles. The zero-order valence-corrected chi connectivity index (χ0v) is 10.3. The molecule has 1 rings (SSSR count). The Morgan fingerprint density at radius 3 is 2.88 bits per heavy atom. The molecule has 0 spiro atoms. The molecule has 0 aromatic rings. The third-order valence-electron chi connectivity index (χ3n) is 2.29. The van der Waals surface area contributed by atoms with Crippen LogP contribution in [0.25, 0.3) is 0 Å². The van der Waals surface area contributed by atoms with Crippen molar-refractivity contribution in [2.75, 3.05) is 26.9 Å². The highest BCUT2D eigenvalue weighted by Gasteiger charge is 2.41. The molecule has 2 unspecified atom stereocenters. The summed E-state index contributed by atoms with van der Waals surface area (Å²) in [6.45, 7) is 2.78. The van der Waals surface area contributed by atoms with Crippen LogP contribution >= 0.6 is 7.82 Å². The number of hydrogen-bond acceptors (Lipinski definition) is 6. The third-order valence-corrected chi connectivity index (χ3v) is 3.26. The maximum atomic E-state index is 11.3. The van der Waals surface area contributed by atoms with Crippen molar-refractivity contribution in [2.24, 2.45) is 5.73 Å². The van der Waals surface area contributed by atoms with Crippen molar-refractivity contribution in [1.82, 2.24) is 0 Å². The standard InChI is InChI=1S/C8H18NO6P/c1-6-8(15-16(10,11)12-2)7(5-14-6)13-4-3-9/h6-8H,3-5,9H2,1-2H3,(H,10,11)/t6-,7?,8+/m1/s1. The highest BCUT2D eigenvalue weighted by Crippen LogP contribution is 2.45. The van der Waals surface area contributed by atoms with E-state index in [1.807, 2.05) is 0 Å². The zero-order valence-electron chi connectivity index (χ0n) is 9.37. The molecule has 0 aromatic carbocycles. The van der Waals surface area contributed by atoms with Gasteiger partial charge >= 0.3 is 7.82 Å². The van der Waals surface area contributed by atoms with Crippen LogP contribution in [-0.2, 0) is 23.1 Å². The molecule has 8 heteroatoms. The lowest BCUT2D eigenvalue weighted by Crippen LogP contribution is -2.34. The predicted molar refractivity (Wildman–Crippen MR) is 55.9 cm³/mol. The molecule has 0 radical (unpaired) electrons. The molecule has 1 heterocycles. The fourth-order valence-corrected chi connectivity index (χ4v) is 2.15. The van der Waals surface area contributed by atoms with Crippen LogP contribution in [0.15, 0.2) is 0 Å². The Hall–Kier alpha value is -0.0100. The molecular formula is C8H18NO6P. The van der Waals surface area contributed by atoms with Crippen molar-refractivity contribution < 1.29 is 28.0 Å². The van der Waals surface area contributed by atoms with Crippen LogP contribution in [0.4, 0.5) is 0 Å². The summed E-state index contributed by atoms with van der Waals surface area (Å²) in [5.74, 6) is 0. The van der Waals surface area contributed by atoms with E-state index in [1.54, 1.807) is 6.92 Å². The second kappa shape index (κ2) is 6.07. The van der Waals surface area contributed by atoms with Gasteiger partial charge in [-0.3, -0.25) is 9.05 Å². The minimum Gasteiger partial charge on any atom is -0.373 e. The summed E-state index contributed by atoms with van der Waals surface area (Å²) in [7, 11) is -2.91. The lowest BCUT2D eigenvalue weighted by molar-refractivity contribution is -0.0147. The Morgan fingerprint density at radius 1 is 1.62 bits per heavy atom. The Kier molecular flexibility index (Phi) is 5.33. The van der Waals surface area contributed by atoms with E-state index in [1.165, 1.54) is 0 Å². The number of hydrogen-bond donors (Lipinski definition) is 2. The summed E-state index contributed by atoms with van der Waals surface area (Å²) in [6, 6.07) is 0. The van der Waals surface area contributed by atoms with Gasteiger partial charge in [0.15, 0.2) is 0 Å². The van der Waals surface area contributed by atoms with Gasteiger partial charge in [-0.2, -0.15) is 0 Å². The van der Waals surface area contributed by atoms with E-state index in [4.69, 9.17) is 19.7 Å². The van der Waals surface area contributed by atoms with E-state index in [2.05, 4.69) is 4.52 Å². The number of nitrogens with two attached hydrogens (primary N) is 1. The Bertz CT molecular complexity index is 263. The normalized spacial score (nSPS) is 33.9. The summed E-state index contributed by atoms with van der Waals surface area (Å²) in [5.41, 5.74) is 5.30. The van der Waals surface area contributed by atoms with Crippen molar-refractivity contribution in [3.05, 3.63) is 0 Å². The number of phosphoric acid groups is 1. The molecule has 0 bridgehead atoms. The van der Waals surface area contributed by atoms with Crippen LogP contribution in [0.1, 0.15) is 6.92 Å². The third kappa shape index (κ3) is 3.78. The van der Waals surface area contributed by atoms with Crippen LogP contribution in [0.3, 0.4) is 0 Å². The van der Waals surface area contributed by atoms with Gasteiger partial charge in [0, 0.05) is 13.7 Å². The lowest BCUT2D eigenvalue weighted by atomic mass is 10.2. The average molecular weight is 255 g/mol. The van der Waals surface area contributed by atoms with Gasteiger partial charge in [0.05, 0.1) is 19.3 Å². The SMILES string of the molecule is COP(=O)(O)O[C@@H]1C(OCCN)CO[C@@H]1C. The molecule has 0 saturated carbocycles. The number of ether oxygens (including phenoxy) is 2. The summed E-state index contributed by atoms with van der Waals surface area (Å²) < 4.78 is 31.3. The smallest absolute Gasteiger partial charge is 0.373 e. The summed E-state index contributed by atoms with van der Waals surface area (Å²) in [6.07, 6.45) is -1.34. The summed E-state index contributed by atoms with van der Waals surface area (Å²) >= 11 is 0. The van der Waals surface area contributed by atoms with Crippen LogP contribution in [0.5, 0.6) is 0 Å². The topological polar surface area (TPSA) is 100 Å². The average Bonchev–Trinajstić information content (AvgIpc) is 2.57. The number of rotatable bonds is 6. The molecule has 1 aliphatic heterocycles. The van der Waals surface area contributed by atoms with E-state index >= 15 is 0 Å². The monoisotopic (exact) mass is 255 g/mol. The highest BCUT2D eigenvalue weighted by atomic mass is 31.2. The minimum atomic E-state index is -4.02. The van der Waals surface area contributed by atoms with Gasteiger partial charge in [-0.15, -0.1) is 0 Å². The zero-order chi connectivity index (χ0) is 12.2. The van der Waals surface area contributed by atoms with Gasteiger partial charge in [0.1, 0.15) is 12.2 Å².